The molecule has 0 rings (SSSR count). The zero-order valence-corrected chi connectivity index (χ0v) is 9.26. The van der Waals surface area contributed by atoms with Crippen molar-refractivity contribution in [2.24, 2.45) is 0 Å². The van der Waals surface area contributed by atoms with Crippen molar-refractivity contribution < 1.29 is 24.5 Å². The number of aliphatic hydroxyl groups is 2. The van der Waals surface area contributed by atoms with E-state index in [2.05, 4.69) is 10.6 Å². The molecule has 0 aliphatic heterocycles. The highest BCUT2D eigenvalue weighted by Crippen LogP contribution is 1.76. The van der Waals surface area contributed by atoms with E-state index >= 15 is 0 Å². The predicted molar refractivity (Wildman–Crippen MR) is 59.6 cm³/mol. The van der Waals surface area contributed by atoms with Gasteiger partial charge < -0.3 is 25.6 Å². The maximum atomic E-state index is 10.9. The van der Waals surface area contributed by atoms with Gasteiger partial charge in [0.1, 0.15) is 13.5 Å². The summed E-state index contributed by atoms with van der Waals surface area (Å²) in [4.78, 5) is 21.8. The number of carbonyl (C=O) groups is 2. The standard InChI is InChI=1S/C10H16N2O5/c13-5-1-3-9(15)11-7-17-8-12-10(16)4-2-6-14/h1-4,13-14H,5-8H2,(H,11,15)(H,12,16). The van der Waals surface area contributed by atoms with Crippen molar-refractivity contribution in [1.29, 1.82) is 0 Å². The summed E-state index contributed by atoms with van der Waals surface area (Å²) in [5, 5.41) is 21.5. The molecule has 0 saturated carbocycles. The summed E-state index contributed by atoms with van der Waals surface area (Å²) in [5.74, 6) is -0.795. The molecule has 0 heterocycles. The third kappa shape index (κ3) is 10.6. The molecule has 0 unspecified atom stereocenters. The Hall–Kier alpha value is -1.70. The van der Waals surface area contributed by atoms with Gasteiger partial charge in [-0.15, -0.1) is 0 Å². The van der Waals surface area contributed by atoms with E-state index in [1.807, 2.05) is 0 Å². The number of amides is 2. The average Bonchev–Trinajstić information content (AvgIpc) is 2.33. The van der Waals surface area contributed by atoms with Crippen LogP contribution in [0.2, 0.25) is 0 Å². The number of carbonyl (C=O) groups excluding carboxylic acids is 2. The van der Waals surface area contributed by atoms with Crippen molar-refractivity contribution in [3.63, 3.8) is 0 Å². The topological polar surface area (TPSA) is 108 Å². The van der Waals surface area contributed by atoms with E-state index in [9.17, 15) is 9.59 Å². The van der Waals surface area contributed by atoms with Crippen molar-refractivity contribution in [1.82, 2.24) is 10.6 Å². The molecule has 0 aliphatic rings. The molecular weight excluding hydrogens is 228 g/mol. The normalized spacial score (nSPS) is 10.9. The number of aliphatic hydroxyl groups excluding tert-OH is 2. The molecule has 0 aliphatic carbocycles. The lowest BCUT2D eigenvalue weighted by Gasteiger charge is -2.04. The molecule has 0 aromatic heterocycles. The highest BCUT2D eigenvalue weighted by molar-refractivity contribution is 5.87. The fourth-order valence-electron chi connectivity index (χ4n) is 0.733. The van der Waals surface area contributed by atoms with Crippen molar-refractivity contribution in [2.75, 3.05) is 26.7 Å². The molecule has 7 nitrogen and oxygen atoms in total. The van der Waals surface area contributed by atoms with Crippen molar-refractivity contribution in [3.8, 4) is 0 Å². The highest BCUT2D eigenvalue weighted by Gasteiger charge is 1.95. The molecule has 0 aromatic rings. The SMILES string of the molecule is O=C(C=CCO)NCOCNC(=O)C=CCO. The van der Waals surface area contributed by atoms with Gasteiger partial charge in [-0.25, -0.2) is 0 Å². The molecular formula is C10H16N2O5. The Balaban J connectivity index is 3.46. The Morgan fingerprint density at radius 2 is 1.35 bits per heavy atom. The number of rotatable bonds is 8. The first-order valence-corrected chi connectivity index (χ1v) is 4.89. The zero-order chi connectivity index (χ0) is 12.9. The second-order valence-electron chi connectivity index (χ2n) is 2.74. The lowest BCUT2D eigenvalue weighted by Crippen LogP contribution is -2.30. The minimum atomic E-state index is -0.398. The van der Waals surface area contributed by atoms with Gasteiger partial charge in [-0.1, -0.05) is 12.2 Å². The van der Waals surface area contributed by atoms with Crippen LogP contribution in [0.5, 0.6) is 0 Å². The third-order valence-corrected chi connectivity index (χ3v) is 1.45. The monoisotopic (exact) mass is 244 g/mol. The molecule has 96 valence electrons. The number of hydrogen-bond acceptors (Lipinski definition) is 5. The van der Waals surface area contributed by atoms with E-state index in [0.717, 1.165) is 0 Å². The van der Waals surface area contributed by atoms with Gasteiger partial charge in [-0.05, 0) is 0 Å². The van der Waals surface area contributed by atoms with Crippen LogP contribution < -0.4 is 10.6 Å². The third-order valence-electron chi connectivity index (χ3n) is 1.45. The first kappa shape index (κ1) is 15.3. The van der Waals surface area contributed by atoms with Gasteiger partial charge in [0.15, 0.2) is 0 Å². The number of nitrogens with one attached hydrogen (secondary N) is 2. The van der Waals surface area contributed by atoms with Gasteiger partial charge in [0.2, 0.25) is 11.8 Å². The molecule has 0 bridgehead atoms. The summed E-state index contributed by atoms with van der Waals surface area (Å²) in [5.41, 5.74) is 0. The fraction of sp³-hybridized carbons (Fsp3) is 0.400. The molecule has 0 radical (unpaired) electrons. The lowest BCUT2D eigenvalue weighted by molar-refractivity contribution is -0.119. The van der Waals surface area contributed by atoms with Crippen LogP contribution in [-0.2, 0) is 14.3 Å². The minimum absolute atomic E-state index is 0.0569. The van der Waals surface area contributed by atoms with Crippen LogP contribution in [0.1, 0.15) is 0 Å². The van der Waals surface area contributed by atoms with E-state index in [1.165, 1.54) is 24.3 Å². The van der Waals surface area contributed by atoms with Gasteiger partial charge in [0, 0.05) is 12.2 Å². The zero-order valence-electron chi connectivity index (χ0n) is 9.26. The van der Waals surface area contributed by atoms with Crippen LogP contribution in [0.3, 0.4) is 0 Å². The van der Waals surface area contributed by atoms with E-state index < -0.39 is 11.8 Å². The second kappa shape index (κ2) is 10.8. The maximum absolute atomic E-state index is 10.9. The van der Waals surface area contributed by atoms with Crippen LogP contribution in [0.4, 0.5) is 0 Å². The maximum Gasteiger partial charge on any atom is 0.245 e. The van der Waals surface area contributed by atoms with Gasteiger partial charge in [-0.2, -0.15) is 0 Å². The first-order valence-electron chi connectivity index (χ1n) is 4.89. The average molecular weight is 244 g/mol. The molecule has 4 N–H and O–H groups in total. The van der Waals surface area contributed by atoms with Crippen LogP contribution >= 0.6 is 0 Å². The van der Waals surface area contributed by atoms with Crippen LogP contribution in [0, 0.1) is 0 Å². The fourth-order valence-corrected chi connectivity index (χ4v) is 0.733. The van der Waals surface area contributed by atoms with Gasteiger partial charge in [0.05, 0.1) is 13.2 Å². The van der Waals surface area contributed by atoms with E-state index in [-0.39, 0.29) is 26.7 Å². The summed E-state index contributed by atoms with van der Waals surface area (Å²) in [7, 11) is 0. The Kier molecular flexibility index (Phi) is 9.73. The summed E-state index contributed by atoms with van der Waals surface area (Å²) in [6.07, 6.45) is 4.92. The summed E-state index contributed by atoms with van der Waals surface area (Å²) in [6.45, 7) is -0.528. The quantitative estimate of drug-likeness (QED) is 0.230. The van der Waals surface area contributed by atoms with Gasteiger partial charge in [0.25, 0.3) is 0 Å². The van der Waals surface area contributed by atoms with Crippen molar-refractivity contribution in [3.05, 3.63) is 24.3 Å². The van der Waals surface area contributed by atoms with Gasteiger partial charge >= 0.3 is 0 Å². The number of hydrogen-bond donors (Lipinski definition) is 4. The lowest BCUT2D eigenvalue weighted by atomic mass is 10.5. The smallest absolute Gasteiger partial charge is 0.245 e. The Morgan fingerprint density at radius 1 is 0.941 bits per heavy atom. The largest absolute Gasteiger partial charge is 0.392 e. The van der Waals surface area contributed by atoms with Crippen molar-refractivity contribution in [2.45, 2.75) is 0 Å². The Morgan fingerprint density at radius 3 is 1.71 bits per heavy atom. The summed E-state index contributed by atoms with van der Waals surface area (Å²) >= 11 is 0. The molecule has 0 aromatic carbocycles. The predicted octanol–water partition coefficient (Wildman–Crippen LogP) is -1.75. The molecule has 0 fully saturated rings. The molecule has 0 atom stereocenters. The van der Waals surface area contributed by atoms with Crippen LogP contribution in [-0.4, -0.2) is 48.7 Å². The second-order valence-corrected chi connectivity index (χ2v) is 2.74. The first-order chi connectivity index (χ1) is 8.20. The molecule has 17 heavy (non-hydrogen) atoms. The molecule has 0 saturated heterocycles. The Labute approximate surface area is 98.8 Å². The molecule has 7 heteroatoms. The highest BCUT2D eigenvalue weighted by atomic mass is 16.5. The molecule has 0 spiro atoms. The molecule has 2 amide bonds. The van der Waals surface area contributed by atoms with Crippen LogP contribution in [0.25, 0.3) is 0 Å². The Bertz CT molecular complexity index is 260. The van der Waals surface area contributed by atoms with E-state index in [4.69, 9.17) is 14.9 Å². The minimum Gasteiger partial charge on any atom is -0.392 e. The summed E-state index contributed by atoms with van der Waals surface area (Å²) in [6, 6.07) is 0. The van der Waals surface area contributed by atoms with Crippen molar-refractivity contribution >= 4 is 11.8 Å². The number of ether oxygens (including phenoxy) is 1. The van der Waals surface area contributed by atoms with Crippen LogP contribution in [0.15, 0.2) is 24.3 Å². The summed E-state index contributed by atoms with van der Waals surface area (Å²) < 4.78 is 4.88. The van der Waals surface area contributed by atoms with E-state index in [0.29, 0.717) is 0 Å². The van der Waals surface area contributed by atoms with E-state index in [1.54, 1.807) is 0 Å². The van der Waals surface area contributed by atoms with Gasteiger partial charge in [-0.3, -0.25) is 9.59 Å².